The average molecular weight is 330 g/mol. The number of hydrogen-bond donors (Lipinski definition) is 1. The van der Waals surface area contributed by atoms with Crippen LogP contribution in [0.15, 0.2) is 12.4 Å². The summed E-state index contributed by atoms with van der Waals surface area (Å²) < 4.78 is 27.1. The van der Waals surface area contributed by atoms with Crippen molar-refractivity contribution in [2.24, 2.45) is 0 Å². The van der Waals surface area contributed by atoms with Gasteiger partial charge in [0.15, 0.2) is 5.65 Å². The average Bonchev–Trinajstić information content (AvgIpc) is 2.81. The highest BCUT2D eigenvalue weighted by atomic mass is 35.5. The van der Waals surface area contributed by atoms with E-state index in [0.717, 1.165) is 36.7 Å². The van der Waals surface area contributed by atoms with Crippen LogP contribution in [0.4, 0.5) is 0 Å². The van der Waals surface area contributed by atoms with Crippen molar-refractivity contribution in [1.29, 1.82) is 0 Å². The molecular formula is C12H16ClN5O2S. The van der Waals surface area contributed by atoms with Gasteiger partial charge in [-0.25, -0.2) is 22.8 Å². The van der Waals surface area contributed by atoms with E-state index >= 15 is 0 Å². The number of sulfonamides is 1. The van der Waals surface area contributed by atoms with E-state index in [4.69, 9.17) is 11.6 Å². The van der Waals surface area contributed by atoms with Gasteiger partial charge in [-0.2, -0.15) is 10.1 Å². The Morgan fingerprint density at radius 3 is 2.67 bits per heavy atom. The molecule has 1 aliphatic carbocycles. The Balaban J connectivity index is 1.75. The number of nitrogens with zero attached hydrogens (tertiary/aromatic N) is 4. The lowest BCUT2D eigenvalue weighted by molar-refractivity contribution is 0.299. The third-order valence-electron chi connectivity index (χ3n) is 3.73. The largest absolute Gasteiger partial charge is 0.244 e. The maximum absolute atomic E-state index is 11.3. The van der Waals surface area contributed by atoms with Gasteiger partial charge in [-0.15, -0.1) is 0 Å². The van der Waals surface area contributed by atoms with Crippen molar-refractivity contribution in [2.45, 2.75) is 37.8 Å². The quantitative estimate of drug-likeness (QED) is 0.862. The van der Waals surface area contributed by atoms with Gasteiger partial charge in [-0.3, -0.25) is 0 Å². The smallest absolute Gasteiger partial charge is 0.224 e. The Morgan fingerprint density at radius 1 is 1.29 bits per heavy atom. The van der Waals surface area contributed by atoms with Crippen LogP contribution in [0.1, 0.15) is 31.7 Å². The lowest BCUT2D eigenvalue weighted by atomic mass is 9.92. The minimum absolute atomic E-state index is 0.0105. The molecule has 2 aromatic rings. The van der Waals surface area contributed by atoms with Crippen LogP contribution in [-0.4, -0.2) is 40.5 Å². The molecule has 0 aromatic carbocycles. The van der Waals surface area contributed by atoms with E-state index in [1.165, 1.54) is 6.26 Å². The van der Waals surface area contributed by atoms with Crippen LogP contribution in [0, 0.1) is 0 Å². The molecule has 9 heteroatoms. The second kappa shape index (κ2) is 5.51. The first-order valence-electron chi connectivity index (χ1n) is 6.75. The zero-order valence-electron chi connectivity index (χ0n) is 11.5. The molecule has 21 heavy (non-hydrogen) atoms. The second-order valence-corrected chi connectivity index (χ2v) is 7.52. The fraction of sp³-hybridized carbons (Fsp3) is 0.583. The van der Waals surface area contributed by atoms with Gasteiger partial charge in [0, 0.05) is 12.2 Å². The normalized spacial score (nSPS) is 23.5. The van der Waals surface area contributed by atoms with E-state index in [2.05, 4.69) is 19.8 Å². The summed E-state index contributed by atoms with van der Waals surface area (Å²) in [6.07, 6.45) is 7.86. The molecule has 0 bridgehead atoms. The SMILES string of the molecule is CS(=O)(=O)NC1CCC(n2ncc3cnc(Cl)nc32)CC1. The molecule has 0 unspecified atom stereocenters. The summed E-state index contributed by atoms with van der Waals surface area (Å²) >= 11 is 5.84. The standard InChI is InChI=1S/C12H16ClN5O2S/c1-21(19,20)17-9-2-4-10(5-3-9)18-11-8(7-15-18)6-14-12(13)16-11/h6-7,9-10,17H,2-5H2,1H3. The zero-order chi connectivity index (χ0) is 15.0. The maximum atomic E-state index is 11.3. The summed E-state index contributed by atoms with van der Waals surface area (Å²) in [5.41, 5.74) is 0.731. The summed E-state index contributed by atoms with van der Waals surface area (Å²) in [5.74, 6) is 0. The fourth-order valence-electron chi connectivity index (χ4n) is 2.82. The molecule has 7 nitrogen and oxygen atoms in total. The molecule has 3 rings (SSSR count). The van der Waals surface area contributed by atoms with Crippen molar-refractivity contribution >= 4 is 32.7 Å². The first kappa shape index (κ1) is 14.7. The molecule has 0 saturated heterocycles. The van der Waals surface area contributed by atoms with Gasteiger partial charge in [-0.1, -0.05) is 0 Å². The van der Waals surface area contributed by atoms with Gasteiger partial charge in [-0.05, 0) is 37.3 Å². The van der Waals surface area contributed by atoms with Gasteiger partial charge < -0.3 is 0 Å². The van der Waals surface area contributed by atoms with E-state index < -0.39 is 10.0 Å². The van der Waals surface area contributed by atoms with E-state index in [-0.39, 0.29) is 17.4 Å². The van der Waals surface area contributed by atoms with Crippen LogP contribution >= 0.6 is 11.6 Å². The van der Waals surface area contributed by atoms with Crippen molar-refractivity contribution in [3.05, 3.63) is 17.7 Å². The zero-order valence-corrected chi connectivity index (χ0v) is 13.1. The Bertz CT molecular complexity index is 752. The molecule has 1 aliphatic rings. The van der Waals surface area contributed by atoms with Crippen LogP contribution in [0.25, 0.3) is 11.0 Å². The van der Waals surface area contributed by atoms with Gasteiger partial charge in [0.1, 0.15) is 0 Å². The molecule has 114 valence electrons. The van der Waals surface area contributed by atoms with Crippen molar-refractivity contribution in [1.82, 2.24) is 24.5 Å². The number of halogens is 1. The third kappa shape index (κ3) is 3.33. The lowest BCUT2D eigenvalue weighted by Crippen LogP contribution is -2.37. The highest BCUT2D eigenvalue weighted by Crippen LogP contribution is 2.30. The monoisotopic (exact) mass is 329 g/mol. The second-order valence-electron chi connectivity index (χ2n) is 5.40. The molecule has 1 N–H and O–H groups in total. The van der Waals surface area contributed by atoms with E-state index in [1.54, 1.807) is 12.4 Å². The molecule has 0 amide bonds. The maximum Gasteiger partial charge on any atom is 0.224 e. The summed E-state index contributed by atoms with van der Waals surface area (Å²) in [6.45, 7) is 0. The van der Waals surface area contributed by atoms with Gasteiger partial charge in [0.2, 0.25) is 15.3 Å². The summed E-state index contributed by atoms with van der Waals surface area (Å²) in [7, 11) is -3.15. The summed E-state index contributed by atoms with van der Waals surface area (Å²) in [6, 6.07) is 0.224. The molecule has 1 fully saturated rings. The van der Waals surface area contributed by atoms with Gasteiger partial charge in [0.05, 0.1) is 23.9 Å². The van der Waals surface area contributed by atoms with Crippen LogP contribution in [0.3, 0.4) is 0 Å². The molecule has 0 spiro atoms. The molecule has 0 radical (unpaired) electrons. The highest BCUT2D eigenvalue weighted by molar-refractivity contribution is 7.88. The number of hydrogen-bond acceptors (Lipinski definition) is 5. The number of nitrogens with one attached hydrogen (secondary N) is 1. The van der Waals surface area contributed by atoms with Gasteiger partial charge in [0.25, 0.3) is 0 Å². The first-order chi connectivity index (χ1) is 9.92. The van der Waals surface area contributed by atoms with E-state index in [0.29, 0.717) is 0 Å². The number of rotatable bonds is 3. The molecule has 0 atom stereocenters. The third-order valence-corrected chi connectivity index (χ3v) is 4.67. The summed E-state index contributed by atoms with van der Waals surface area (Å²) in [4.78, 5) is 8.17. The molecular weight excluding hydrogens is 314 g/mol. The molecule has 2 aromatic heterocycles. The van der Waals surface area contributed by atoms with Crippen LogP contribution in [0.5, 0.6) is 0 Å². The van der Waals surface area contributed by atoms with E-state index in [1.807, 2.05) is 4.68 Å². The Morgan fingerprint density at radius 2 is 2.00 bits per heavy atom. The molecule has 0 aliphatic heterocycles. The van der Waals surface area contributed by atoms with E-state index in [9.17, 15) is 8.42 Å². The topological polar surface area (TPSA) is 89.8 Å². The fourth-order valence-corrected chi connectivity index (χ4v) is 3.79. The van der Waals surface area contributed by atoms with Gasteiger partial charge >= 0.3 is 0 Å². The molecule has 2 heterocycles. The van der Waals surface area contributed by atoms with Crippen molar-refractivity contribution in [3.63, 3.8) is 0 Å². The molecule has 1 saturated carbocycles. The predicted octanol–water partition coefficient (Wildman–Crippen LogP) is 1.51. The number of fused-ring (bicyclic) bond motifs is 1. The predicted molar refractivity (Wildman–Crippen MR) is 79.6 cm³/mol. The Hall–Kier alpha value is -1.25. The van der Waals surface area contributed by atoms with Crippen molar-refractivity contribution < 1.29 is 8.42 Å². The van der Waals surface area contributed by atoms with Crippen LogP contribution in [0.2, 0.25) is 5.28 Å². The van der Waals surface area contributed by atoms with Crippen molar-refractivity contribution in [2.75, 3.05) is 6.26 Å². The van der Waals surface area contributed by atoms with Crippen molar-refractivity contribution in [3.8, 4) is 0 Å². The minimum atomic E-state index is -3.15. The first-order valence-corrected chi connectivity index (χ1v) is 9.02. The van der Waals surface area contributed by atoms with Crippen LogP contribution < -0.4 is 4.72 Å². The Labute approximate surface area is 127 Å². The Kier molecular flexibility index (Phi) is 3.85. The minimum Gasteiger partial charge on any atom is -0.244 e. The lowest BCUT2D eigenvalue weighted by Gasteiger charge is -2.28. The summed E-state index contributed by atoms with van der Waals surface area (Å²) in [5, 5.41) is 5.44. The number of aromatic nitrogens is 4. The highest BCUT2D eigenvalue weighted by Gasteiger charge is 2.26. The van der Waals surface area contributed by atoms with Crippen LogP contribution in [-0.2, 0) is 10.0 Å².